The molecule has 0 aromatic heterocycles. The Hall–Kier alpha value is -1.71. The van der Waals surface area contributed by atoms with E-state index in [1.165, 1.54) is 0 Å². The maximum absolute atomic E-state index is 12.2. The van der Waals surface area contributed by atoms with Gasteiger partial charge in [-0.3, -0.25) is 14.4 Å². The lowest BCUT2D eigenvalue weighted by Crippen LogP contribution is -2.55. The van der Waals surface area contributed by atoms with Crippen molar-refractivity contribution in [1.82, 2.24) is 10.6 Å². The molecule has 0 aromatic rings. The molecule has 0 heterocycles. The molecule has 25 heavy (non-hydrogen) atoms. The average molecular weight is 361 g/mol. The summed E-state index contributed by atoms with van der Waals surface area (Å²) in [6.45, 7) is 10.2. The van der Waals surface area contributed by atoms with Crippen LogP contribution in [0.15, 0.2) is 0 Å². The Balaban J connectivity index is 4.80. The van der Waals surface area contributed by atoms with Crippen LogP contribution < -0.4 is 16.4 Å². The summed E-state index contributed by atoms with van der Waals surface area (Å²) in [6.07, 6.45) is 0. The Morgan fingerprint density at radius 3 is 1.88 bits per heavy atom. The van der Waals surface area contributed by atoms with Crippen LogP contribution in [0.2, 0.25) is 0 Å². The van der Waals surface area contributed by atoms with E-state index in [0.717, 1.165) is 0 Å². The molecule has 0 rings (SSSR count). The highest BCUT2D eigenvalue weighted by molar-refractivity contribution is 5.91. The SMILES string of the molecule is CC(C)(C)OC[C@H](N)C(=O)N[C@H](COC(C)(C)C)C(=O)NCC(=O)O. The monoisotopic (exact) mass is 361 g/mol. The lowest BCUT2D eigenvalue weighted by atomic mass is 10.1. The second-order valence-electron chi connectivity index (χ2n) is 7.63. The molecule has 0 aliphatic heterocycles. The molecule has 146 valence electrons. The summed E-state index contributed by atoms with van der Waals surface area (Å²) in [4.78, 5) is 34.9. The first-order valence-corrected chi connectivity index (χ1v) is 8.04. The molecule has 0 aliphatic rings. The number of amides is 2. The van der Waals surface area contributed by atoms with Crippen LogP contribution in [0.4, 0.5) is 0 Å². The van der Waals surface area contributed by atoms with Crippen LogP contribution in [0.25, 0.3) is 0 Å². The number of carbonyl (C=O) groups is 3. The number of hydrogen-bond donors (Lipinski definition) is 4. The van der Waals surface area contributed by atoms with Crippen LogP contribution in [-0.2, 0) is 23.9 Å². The predicted octanol–water partition coefficient (Wildman–Crippen LogP) is -0.370. The summed E-state index contributed by atoms with van der Waals surface area (Å²) in [6, 6.07) is -2.03. The number of nitrogens with two attached hydrogens (primary N) is 1. The highest BCUT2D eigenvalue weighted by Crippen LogP contribution is 2.08. The summed E-state index contributed by atoms with van der Waals surface area (Å²) in [5.41, 5.74) is 4.79. The van der Waals surface area contributed by atoms with Crippen molar-refractivity contribution in [2.24, 2.45) is 5.73 Å². The van der Waals surface area contributed by atoms with E-state index in [1.54, 1.807) is 20.8 Å². The molecule has 9 heteroatoms. The van der Waals surface area contributed by atoms with Gasteiger partial charge in [0.15, 0.2) is 0 Å². The summed E-state index contributed by atoms with van der Waals surface area (Å²) in [5, 5.41) is 13.3. The second-order valence-corrected chi connectivity index (χ2v) is 7.63. The van der Waals surface area contributed by atoms with Crippen molar-refractivity contribution in [3.63, 3.8) is 0 Å². The van der Waals surface area contributed by atoms with Crippen molar-refractivity contribution < 1.29 is 29.0 Å². The minimum Gasteiger partial charge on any atom is -0.480 e. The molecule has 0 radical (unpaired) electrons. The molecular formula is C16H31N3O6. The van der Waals surface area contributed by atoms with Crippen LogP contribution in [0.5, 0.6) is 0 Å². The van der Waals surface area contributed by atoms with Gasteiger partial charge in [0, 0.05) is 0 Å². The largest absolute Gasteiger partial charge is 0.480 e. The lowest BCUT2D eigenvalue weighted by molar-refractivity contribution is -0.139. The van der Waals surface area contributed by atoms with Gasteiger partial charge in [-0.15, -0.1) is 0 Å². The molecule has 0 aromatic carbocycles. The van der Waals surface area contributed by atoms with Gasteiger partial charge in [0.1, 0.15) is 18.6 Å². The van der Waals surface area contributed by atoms with Gasteiger partial charge in [-0.05, 0) is 41.5 Å². The first kappa shape index (κ1) is 23.3. The van der Waals surface area contributed by atoms with Gasteiger partial charge in [-0.25, -0.2) is 0 Å². The molecular weight excluding hydrogens is 330 g/mol. The Bertz CT molecular complexity index is 467. The van der Waals surface area contributed by atoms with Crippen molar-refractivity contribution in [3.8, 4) is 0 Å². The van der Waals surface area contributed by atoms with Crippen LogP contribution in [0.3, 0.4) is 0 Å². The standard InChI is InChI=1S/C16H31N3O6/c1-15(2,3)24-8-10(17)13(22)19-11(9-25-16(4,5)6)14(23)18-7-12(20)21/h10-11H,7-9,17H2,1-6H3,(H,18,23)(H,19,22)(H,20,21)/t10-,11+/m0/s1. The van der Waals surface area contributed by atoms with E-state index in [9.17, 15) is 14.4 Å². The lowest BCUT2D eigenvalue weighted by Gasteiger charge is -2.26. The molecule has 0 unspecified atom stereocenters. The fraction of sp³-hybridized carbons (Fsp3) is 0.812. The van der Waals surface area contributed by atoms with Crippen molar-refractivity contribution in [2.45, 2.75) is 64.8 Å². The quantitative estimate of drug-likeness (QED) is 0.439. The summed E-state index contributed by atoms with van der Waals surface area (Å²) < 4.78 is 11.0. The molecule has 0 aliphatic carbocycles. The predicted molar refractivity (Wildman–Crippen MR) is 92.0 cm³/mol. The topological polar surface area (TPSA) is 140 Å². The van der Waals surface area contributed by atoms with Crippen LogP contribution in [0.1, 0.15) is 41.5 Å². The number of nitrogens with one attached hydrogen (secondary N) is 2. The summed E-state index contributed by atoms with van der Waals surface area (Å²) in [5.74, 6) is -2.44. The van der Waals surface area contributed by atoms with Gasteiger partial charge in [0.25, 0.3) is 0 Å². The van der Waals surface area contributed by atoms with Gasteiger partial charge in [-0.1, -0.05) is 0 Å². The molecule has 9 nitrogen and oxygen atoms in total. The third-order valence-electron chi connectivity index (χ3n) is 2.76. The van der Waals surface area contributed by atoms with Gasteiger partial charge in [0.2, 0.25) is 11.8 Å². The third-order valence-corrected chi connectivity index (χ3v) is 2.76. The number of aliphatic carboxylic acids is 1. The molecule has 2 amide bonds. The van der Waals surface area contributed by atoms with Crippen LogP contribution in [-0.4, -0.2) is 65.9 Å². The van der Waals surface area contributed by atoms with E-state index in [-0.39, 0.29) is 13.2 Å². The zero-order valence-corrected chi connectivity index (χ0v) is 15.8. The van der Waals surface area contributed by atoms with E-state index in [2.05, 4.69) is 10.6 Å². The molecule has 0 saturated carbocycles. The second kappa shape index (κ2) is 9.69. The zero-order chi connectivity index (χ0) is 19.8. The number of carbonyl (C=O) groups excluding carboxylic acids is 2. The summed E-state index contributed by atoms with van der Waals surface area (Å²) >= 11 is 0. The molecule has 0 fully saturated rings. The van der Waals surface area contributed by atoms with Crippen LogP contribution in [0, 0.1) is 0 Å². The normalized spacial score (nSPS) is 14.5. The van der Waals surface area contributed by atoms with Crippen molar-refractivity contribution >= 4 is 17.8 Å². The first-order chi connectivity index (χ1) is 11.2. The zero-order valence-electron chi connectivity index (χ0n) is 15.8. The highest BCUT2D eigenvalue weighted by Gasteiger charge is 2.27. The van der Waals surface area contributed by atoms with Gasteiger partial charge in [0.05, 0.1) is 24.4 Å². The molecule has 0 spiro atoms. The molecule has 0 bridgehead atoms. The Morgan fingerprint density at radius 1 is 0.960 bits per heavy atom. The van der Waals surface area contributed by atoms with Gasteiger partial charge in [-0.2, -0.15) is 0 Å². The van der Waals surface area contributed by atoms with Gasteiger partial charge < -0.3 is 30.9 Å². The number of carboxylic acid groups (broad SMARTS) is 1. The fourth-order valence-corrected chi connectivity index (χ4v) is 1.50. The number of carboxylic acids is 1. The Labute approximate surface area is 148 Å². The molecule has 0 saturated heterocycles. The van der Waals surface area contributed by atoms with E-state index in [1.807, 2.05) is 20.8 Å². The average Bonchev–Trinajstić information content (AvgIpc) is 2.44. The first-order valence-electron chi connectivity index (χ1n) is 8.04. The number of rotatable bonds is 9. The van der Waals surface area contributed by atoms with E-state index < -0.39 is 47.6 Å². The number of ether oxygens (including phenoxy) is 2. The van der Waals surface area contributed by atoms with E-state index >= 15 is 0 Å². The third kappa shape index (κ3) is 12.3. The van der Waals surface area contributed by atoms with E-state index in [4.69, 9.17) is 20.3 Å². The summed E-state index contributed by atoms with van der Waals surface area (Å²) in [7, 11) is 0. The minimum absolute atomic E-state index is 0.0150. The minimum atomic E-state index is -1.19. The Kier molecular flexibility index (Phi) is 9.03. The van der Waals surface area contributed by atoms with Gasteiger partial charge >= 0.3 is 5.97 Å². The van der Waals surface area contributed by atoms with Crippen molar-refractivity contribution in [2.75, 3.05) is 19.8 Å². The van der Waals surface area contributed by atoms with E-state index in [0.29, 0.717) is 0 Å². The maximum Gasteiger partial charge on any atom is 0.322 e. The number of hydrogen-bond acceptors (Lipinski definition) is 6. The molecule has 2 atom stereocenters. The smallest absolute Gasteiger partial charge is 0.322 e. The fourth-order valence-electron chi connectivity index (χ4n) is 1.50. The maximum atomic E-state index is 12.2. The van der Waals surface area contributed by atoms with Crippen molar-refractivity contribution in [3.05, 3.63) is 0 Å². The highest BCUT2D eigenvalue weighted by atomic mass is 16.5. The van der Waals surface area contributed by atoms with Crippen molar-refractivity contribution in [1.29, 1.82) is 0 Å². The van der Waals surface area contributed by atoms with Crippen LogP contribution >= 0.6 is 0 Å². The molecule has 5 N–H and O–H groups in total. The Morgan fingerprint density at radius 2 is 1.44 bits per heavy atom.